The number of methoxy groups -OCH3 is 2. The molecule has 0 aliphatic rings. The van der Waals surface area contributed by atoms with E-state index in [2.05, 4.69) is 12.2 Å². The van der Waals surface area contributed by atoms with Crippen LogP contribution in [0.5, 0.6) is 0 Å². The minimum Gasteiger partial charge on any atom is -0.385 e. The molecular formula is C8H19NO2. The van der Waals surface area contributed by atoms with Crippen LogP contribution in [-0.2, 0) is 9.47 Å². The quantitative estimate of drug-likeness (QED) is 0.556. The first kappa shape index (κ1) is 10.9. The SMILES string of the molecule is COCCCN[C@H](C)COC. The minimum atomic E-state index is 0.442. The van der Waals surface area contributed by atoms with Crippen LogP contribution in [0.1, 0.15) is 13.3 Å². The summed E-state index contributed by atoms with van der Waals surface area (Å²) in [6.07, 6.45) is 1.06. The van der Waals surface area contributed by atoms with E-state index in [4.69, 9.17) is 9.47 Å². The third-order valence-corrected chi connectivity index (χ3v) is 1.43. The van der Waals surface area contributed by atoms with Gasteiger partial charge in [-0.05, 0) is 19.9 Å². The molecule has 0 spiro atoms. The van der Waals surface area contributed by atoms with Gasteiger partial charge in [0.1, 0.15) is 0 Å². The molecule has 0 rings (SSSR count). The van der Waals surface area contributed by atoms with Gasteiger partial charge in [0.15, 0.2) is 0 Å². The van der Waals surface area contributed by atoms with E-state index in [0.717, 1.165) is 26.2 Å². The Labute approximate surface area is 69.1 Å². The average Bonchev–Trinajstić information content (AvgIpc) is 1.99. The van der Waals surface area contributed by atoms with Crippen LogP contribution in [-0.4, -0.2) is 40.0 Å². The molecule has 1 N–H and O–H groups in total. The van der Waals surface area contributed by atoms with Crippen molar-refractivity contribution in [3.8, 4) is 0 Å². The number of hydrogen-bond donors (Lipinski definition) is 1. The molecule has 0 bridgehead atoms. The molecule has 0 aliphatic heterocycles. The highest BCUT2D eigenvalue weighted by atomic mass is 16.5. The van der Waals surface area contributed by atoms with Gasteiger partial charge >= 0.3 is 0 Å². The Kier molecular flexibility index (Phi) is 7.89. The maximum absolute atomic E-state index is 4.97. The predicted octanol–water partition coefficient (Wildman–Crippen LogP) is 0.647. The molecule has 0 aromatic heterocycles. The van der Waals surface area contributed by atoms with Gasteiger partial charge in [0, 0.05) is 26.9 Å². The van der Waals surface area contributed by atoms with Crippen molar-refractivity contribution in [2.75, 3.05) is 34.0 Å². The molecule has 11 heavy (non-hydrogen) atoms. The topological polar surface area (TPSA) is 30.5 Å². The first-order chi connectivity index (χ1) is 5.31. The summed E-state index contributed by atoms with van der Waals surface area (Å²) in [5.74, 6) is 0. The van der Waals surface area contributed by atoms with Crippen LogP contribution in [0.3, 0.4) is 0 Å². The summed E-state index contributed by atoms with van der Waals surface area (Å²) in [5.41, 5.74) is 0. The molecule has 0 aromatic carbocycles. The maximum Gasteiger partial charge on any atom is 0.0613 e. The summed E-state index contributed by atoms with van der Waals surface area (Å²) in [5, 5.41) is 3.31. The van der Waals surface area contributed by atoms with Gasteiger partial charge in [-0.3, -0.25) is 0 Å². The summed E-state index contributed by atoms with van der Waals surface area (Å²) in [6.45, 7) is 4.70. The Balaban J connectivity index is 2.97. The van der Waals surface area contributed by atoms with Crippen LogP contribution in [0.15, 0.2) is 0 Å². The molecule has 0 fully saturated rings. The predicted molar refractivity (Wildman–Crippen MR) is 45.8 cm³/mol. The Bertz CT molecular complexity index is 78.5. The summed E-state index contributed by atoms with van der Waals surface area (Å²) >= 11 is 0. The lowest BCUT2D eigenvalue weighted by atomic mass is 10.3. The molecule has 0 aliphatic carbocycles. The normalized spacial score (nSPS) is 13.4. The van der Waals surface area contributed by atoms with Crippen molar-refractivity contribution >= 4 is 0 Å². The number of nitrogens with one attached hydrogen (secondary N) is 1. The van der Waals surface area contributed by atoms with Crippen molar-refractivity contribution in [3.63, 3.8) is 0 Å². The zero-order chi connectivity index (χ0) is 8.53. The fourth-order valence-corrected chi connectivity index (χ4v) is 0.874. The van der Waals surface area contributed by atoms with E-state index < -0.39 is 0 Å². The minimum absolute atomic E-state index is 0.442. The lowest BCUT2D eigenvalue weighted by Gasteiger charge is -2.11. The van der Waals surface area contributed by atoms with Crippen LogP contribution in [0.4, 0.5) is 0 Å². The van der Waals surface area contributed by atoms with Gasteiger partial charge in [-0.15, -0.1) is 0 Å². The van der Waals surface area contributed by atoms with Crippen molar-refractivity contribution in [1.82, 2.24) is 5.32 Å². The van der Waals surface area contributed by atoms with Crippen molar-refractivity contribution in [2.24, 2.45) is 0 Å². The number of ether oxygens (including phenoxy) is 2. The van der Waals surface area contributed by atoms with Gasteiger partial charge in [-0.1, -0.05) is 0 Å². The molecular weight excluding hydrogens is 142 g/mol. The number of hydrogen-bond acceptors (Lipinski definition) is 3. The van der Waals surface area contributed by atoms with E-state index in [1.54, 1.807) is 14.2 Å². The van der Waals surface area contributed by atoms with Crippen molar-refractivity contribution in [3.05, 3.63) is 0 Å². The summed E-state index contributed by atoms with van der Waals surface area (Å²) in [6, 6.07) is 0.442. The largest absolute Gasteiger partial charge is 0.385 e. The van der Waals surface area contributed by atoms with Crippen LogP contribution >= 0.6 is 0 Å². The van der Waals surface area contributed by atoms with E-state index in [0.29, 0.717) is 6.04 Å². The van der Waals surface area contributed by atoms with Crippen molar-refractivity contribution < 1.29 is 9.47 Å². The molecule has 3 heteroatoms. The molecule has 1 atom stereocenters. The summed E-state index contributed by atoms with van der Waals surface area (Å²) in [7, 11) is 3.44. The van der Waals surface area contributed by atoms with Crippen LogP contribution in [0.25, 0.3) is 0 Å². The highest BCUT2D eigenvalue weighted by molar-refractivity contribution is 4.57. The average molecular weight is 161 g/mol. The highest BCUT2D eigenvalue weighted by Gasteiger charge is 1.97. The molecule has 0 aromatic rings. The lowest BCUT2D eigenvalue weighted by molar-refractivity contribution is 0.165. The molecule has 0 unspecified atom stereocenters. The summed E-state index contributed by atoms with van der Waals surface area (Å²) < 4.78 is 9.88. The number of rotatable bonds is 7. The fraction of sp³-hybridized carbons (Fsp3) is 1.00. The van der Waals surface area contributed by atoms with Gasteiger partial charge in [-0.25, -0.2) is 0 Å². The Hall–Kier alpha value is -0.120. The molecule has 0 saturated carbocycles. The van der Waals surface area contributed by atoms with Crippen LogP contribution in [0.2, 0.25) is 0 Å². The zero-order valence-electron chi connectivity index (χ0n) is 7.72. The van der Waals surface area contributed by atoms with Crippen molar-refractivity contribution in [2.45, 2.75) is 19.4 Å². The van der Waals surface area contributed by atoms with Crippen LogP contribution in [0, 0.1) is 0 Å². The maximum atomic E-state index is 4.97. The van der Waals surface area contributed by atoms with Gasteiger partial charge in [0.05, 0.1) is 6.61 Å². The smallest absolute Gasteiger partial charge is 0.0613 e. The van der Waals surface area contributed by atoms with Gasteiger partial charge in [0.25, 0.3) is 0 Å². The lowest BCUT2D eigenvalue weighted by Crippen LogP contribution is -2.31. The highest BCUT2D eigenvalue weighted by Crippen LogP contribution is 1.83. The second-order valence-corrected chi connectivity index (χ2v) is 2.66. The standard InChI is InChI=1S/C8H19NO2/c1-8(7-11-3)9-5-4-6-10-2/h8-9H,4-7H2,1-3H3/t8-/m1/s1. The fourth-order valence-electron chi connectivity index (χ4n) is 0.874. The Morgan fingerprint density at radius 2 is 2.00 bits per heavy atom. The molecule has 0 radical (unpaired) electrons. The second-order valence-electron chi connectivity index (χ2n) is 2.66. The Morgan fingerprint density at radius 3 is 2.55 bits per heavy atom. The van der Waals surface area contributed by atoms with Gasteiger partial charge in [-0.2, -0.15) is 0 Å². The molecule has 0 heterocycles. The molecule has 68 valence electrons. The third-order valence-electron chi connectivity index (χ3n) is 1.43. The van der Waals surface area contributed by atoms with Crippen LogP contribution < -0.4 is 5.32 Å². The van der Waals surface area contributed by atoms with Gasteiger partial charge in [0.2, 0.25) is 0 Å². The molecule has 0 saturated heterocycles. The monoisotopic (exact) mass is 161 g/mol. The molecule has 3 nitrogen and oxygen atoms in total. The van der Waals surface area contributed by atoms with E-state index in [1.807, 2.05) is 0 Å². The van der Waals surface area contributed by atoms with E-state index in [1.165, 1.54) is 0 Å². The first-order valence-corrected chi connectivity index (χ1v) is 4.02. The zero-order valence-corrected chi connectivity index (χ0v) is 7.72. The van der Waals surface area contributed by atoms with E-state index in [-0.39, 0.29) is 0 Å². The van der Waals surface area contributed by atoms with Gasteiger partial charge < -0.3 is 14.8 Å². The van der Waals surface area contributed by atoms with E-state index >= 15 is 0 Å². The second kappa shape index (κ2) is 7.98. The first-order valence-electron chi connectivity index (χ1n) is 4.02. The summed E-state index contributed by atoms with van der Waals surface area (Å²) in [4.78, 5) is 0. The third kappa shape index (κ3) is 7.78. The Morgan fingerprint density at radius 1 is 1.27 bits per heavy atom. The van der Waals surface area contributed by atoms with E-state index in [9.17, 15) is 0 Å². The molecule has 0 amide bonds. The van der Waals surface area contributed by atoms with Crippen molar-refractivity contribution in [1.29, 1.82) is 0 Å².